The lowest BCUT2D eigenvalue weighted by atomic mass is 10.0. The van der Waals surface area contributed by atoms with Crippen molar-refractivity contribution in [3.8, 4) is 0 Å². The van der Waals surface area contributed by atoms with Gasteiger partial charge in [-0.25, -0.2) is 4.98 Å². The average molecular weight is 280 g/mol. The van der Waals surface area contributed by atoms with Crippen molar-refractivity contribution in [2.45, 2.75) is 13.8 Å². The van der Waals surface area contributed by atoms with Gasteiger partial charge in [-0.2, -0.15) is 0 Å². The number of aryl methyl sites for hydroxylation is 2. The van der Waals surface area contributed by atoms with Gasteiger partial charge in [0.15, 0.2) is 0 Å². The van der Waals surface area contributed by atoms with E-state index in [1.165, 1.54) is 0 Å². The molecule has 1 aromatic heterocycles. The van der Waals surface area contributed by atoms with Gasteiger partial charge in [0, 0.05) is 21.9 Å². The highest BCUT2D eigenvalue weighted by atomic mass is 16.2. The SMILES string of the molecule is Cc1ccc2c(c1N=[N+]=[N-])/C(=C/c1nc[nH]c1C)C(=O)N2. The smallest absolute Gasteiger partial charge is 0.256 e. The van der Waals surface area contributed by atoms with Crippen molar-refractivity contribution in [2.75, 3.05) is 5.32 Å². The molecule has 21 heavy (non-hydrogen) atoms. The van der Waals surface area contributed by atoms with Crippen LogP contribution in [0.1, 0.15) is 22.5 Å². The number of hydrogen-bond acceptors (Lipinski definition) is 3. The van der Waals surface area contributed by atoms with Crippen LogP contribution < -0.4 is 5.32 Å². The molecule has 104 valence electrons. The summed E-state index contributed by atoms with van der Waals surface area (Å²) < 4.78 is 0. The minimum absolute atomic E-state index is 0.229. The van der Waals surface area contributed by atoms with Crippen molar-refractivity contribution in [1.82, 2.24) is 9.97 Å². The zero-order valence-electron chi connectivity index (χ0n) is 11.5. The second-order valence-corrected chi connectivity index (χ2v) is 4.77. The highest BCUT2D eigenvalue weighted by Crippen LogP contribution is 2.41. The lowest BCUT2D eigenvalue weighted by Crippen LogP contribution is -2.03. The summed E-state index contributed by atoms with van der Waals surface area (Å²) in [5.41, 5.74) is 13.3. The first kappa shape index (κ1) is 13.0. The van der Waals surface area contributed by atoms with E-state index >= 15 is 0 Å². The van der Waals surface area contributed by atoms with E-state index in [1.54, 1.807) is 18.5 Å². The van der Waals surface area contributed by atoms with Gasteiger partial charge >= 0.3 is 0 Å². The summed E-state index contributed by atoms with van der Waals surface area (Å²) in [4.78, 5) is 22.2. The number of fused-ring (bicyclic) bond motifs is 1. The minimum atomic E-state index is -0.229. The topological polar surface area (TPSA) is 107 Å². The van der Waals surface area contributed by atoms with E-state index in [9.17, 15) is 4.79 Å². The molecule has 1 amide bonds. The molecule has 2 heterocycles. The second-order valence-electron chi connectivity index (χ2n) is 4.77. The van der Waals surface area contributed by atoms with Crippen LogP contribution in [-0.4, -0.2) is 15.9 Å². The molecule has 0 bridgehead atoms. The van der Waals surface area contributed by atoms with Crippen LogP contribution >= 0.6 is 0 Å². The number of anilines is 1. The summed E-state index contributed by atoms with van der Waals surface area (Å²) in [6, 6.07) is 3.61. The van der Waals surface area contributed by atoms with Gasteiger partial charge in [0.05, 0.1) is 23.3 Å². The van der Waals surface area contributed by atoms with Crippen molar-refractivity contribution in [3.05, 3.63) is 51.4 Å². The summed E-state index contributed by atoms with van der Waals surface area (Å²) in [6.07, 6.45) is 3.27. The van der Waals surface area contributed by atoms with Gasteiger partial charge in [-0.3, -0.25) is 4.79 Å². The molecule has 0 radical (unpaired) electrons. The lowest BCUT2D eigenvalue weighted by Gasteiger charge is -2.06. The maximum Gasteiger partial charge on any atom is 0.256 e. The van der Waals surface area contributed by atoms with Crippen LogP contribution in [0.3, 0.4) is 0 Å². The van der Waals surface area contributed by atoms with Crippen LogP contribution in [0.2, 0.25) is 0 Å². The molecule has 2 N–H and O–H groups in total. The molecular formula is C14H12N6O. The van der Waals surface area contributed by atoms with Gasteiger partial charge in [-0.05, 0) is 37.1 Å². The molecule has 0 saturated heterocycles. The first-order valence-electron chi connectivity index (χ1n) is 6.34. The van der Waals surface area contributed by atoms with Crippen LogP contribution in [0.4, 0.5) is 11.4 Å². The number of amides is 1. The van der Waals surface area contributed by atoms with Gasteiger partial charge in [-0.15, -0.1) is 0 Å². The average Bonchev–Trinajstić information content (AvgIpc) is 2.99. The zero-order chi connectivity index (χ0) is 15.0. The van der Waals surface area contributed by atoms with Crippen LogP contribution in [0.15, 0.2) is 23.6 Å². The zero-order valence-corrected chi connectivity index (χ0v) is 11.5. The molecule has 1 aliphatic rings. The Morgan fingerprint density at radius 2 is 2.19 bits per heavy atom. The maximum absolute atomic E-state index is 12.2. The van der Waals surface area contributed by atoms with Crippen LogP contribution in [0.5, 0.6) is 0 Å². The molecule has 0 unspecified atom stereocenters. The van der Waals surface area contributed by atoms with Gasteiger partial charge in [0.25, 0.3) is 5.91 Å². The monoisotopic (exact) mass is 280 g/mol. The summed E-state index contributed by atoms with van der Waals surface area (Å²) in [7, 11) is 0. The Morgan fingerprint density at radius 1 is 1.38 bits per heavy atom. The molecule has 0 spiro atoms. The quantitative estimate of drug-likeness (QED) is 0.380. The van der Waals surface area contributed by atoms with Crippen LogP contribution in [0, 0.1) is 13.8 Å². The standard InChI is InChI=1S/C14H12N6O/c1-7-3-4-10-12(13(7)19-20-15)9(14(21)18-10)5-11-8(2)16-6-17-11/h3-6H,1-2H3,(H,16,17)(H,18,21)/b9-5-. The van der Waals surface area contributed by atoms with Gasteiger partial charge < -0.3 is 10.3 Å². The molecule has 7 heteroatoms. The Morgan fingerprint density at radius 3 is 2.86 bits per heavy atom. The third-order valence-corrected chi connectivity index (χ3v) is 3.44. The number of aromatic amines is 1. The molecule has 1 aromatic carbocycles. The Labute approximate surface area is 120 Å². The summed E-state index contributed by atoms with van der Waals surface area (Å²) in [5, 5.41) is 6.51. The van der Waals surface area contributed by atoms with Crippen molar-refractivity contribution >= 4 is 28.9 Å². The number of nitrogens with one attached hydrogen (secondary N) is 2. The third kappa shape index (κ3) is 2.05. The van der Waals surface area contributed by atoms with Crippen LogP contribution in [-0.2, 0) is 4.79 Å². The number of H-pyrrole nitrogens is 1. The van der Waals surface area contributed by atoms with Crippen LogP contribution in [0.25, 0.3) is 22.1 Å². The number of rotatable bonds is 2. The van der Waals surface area contributed by atoms with E-state index in [0.717, 1.165) is 11.3 Å². The molecule has 0 saturated carbocycles. The number of imidazole rings is 1. The van der Waals surface area contributed by atoms with Crippen molar-refractivity contribution < 1.29 is 4.79 Å². The van der Waals surface area contributed by atoms with Gasteiger partial charge in [0.2, 0.25) is 0 Å². The highest BCUT2D eigenvalue weighted by molar-refractivity contribution is 6.36. The van der Waals surface area contributed by atoms with E-state index in [-0.39, 0.29) is 5.91 Å². The fourth-order valence-corrected chi connectivity index (χ4v) is 2.34. The van der Waals surface area contributed by atoms with Crippen molar-refractivity contribution in [1.29, 1.82) is 0 Å². The van der Waals surface area contributed by atoms with E-state index < -0.39 is 0 Å². The van der Waals surface area contributed by atoms with E-state index in [0.29, 0.717) is 28.2 Å². The predicted molar refractivity (Wildman–Crippen MR) is 79.8 cm³/mol. The lowest BCUT2D eigenvalue weighted by molar-refractivity contribution is -0.110. The Balaban J connectivity index is 2.26. The number of aromatic nitrogens is 2. The molecule has 2 aromatic rings. The largest absolute Gasteiger partial charge is 0.348 e. The first-order chi connectivity index (χ1) is 10.1. The Bertz CT molecular complexity index is 826. The maximum atomic E-state index is 12.2. The molecule has 0 atom stereocenters. The number of hydrogen-bond donors (Lipinski definition) is 2. The Hall–Kier alpha value is -3.05. The number of carbonyl (C=O) groups is 1. The summed E-state index contributed by atoms with van der Waals surface area (Å²) in [5.74, 6) is -0.229. The molecular weight excluding hydrogens is 268 g/mol. The molecule has 0 fully saturated rings. The highest BCUT2D eigenvalue weighted by Gasteiger charge is 2.27. The fourth-order valence-electron chi connectivity index (χ4n) is 2.34. The van der Waals surface area contributed by atoms with Gasteiger partial charge in [0.1, 0.15) is 0 Å². The van der Waals surface area contributed by atoms with E-state index in [2.05, 4.69) is 25.3 Å². The summed E-state index contributed by atoms with van der Waals surface area (Å²) >= 11 is 0. The molecule has 1 aliphatic heterocycles. The Kier molecular flexibility index (Phi) is 2.97. The molecule has 0 aliphatic carbocycles. The number of nitrogens with zero attached hydrogens (tertiary/aromatic N) is 4. The normalized spacial score (nSPS) is 14.8. The van der Waals surface area contributed by atoms with Crippen molar-refractivity contribution in [2.24, 2.45) is 5.11 Å². The third-order valence-electron chi connectivity index (χ3n) is 3.44. The van der Waals surface area contributed by atoms with Gasteiger partial charge in [-0.1, -0.05) is 11.2 Å². The molecule has 7 nitrogen and oxygen atoms in total. The number of carbonyl (C=O) groups excluding carboxylic acids is 1. The fraction of sp³-hybridized carbons (Fsp3) is 0.143. The number of azide groups is 1. The summed E-state index contributed by atoms with van der Waals surface area (Å²) in [6.45, 7) is 3.71. The van der Waals surface area contributed by atoms with E-state index in [1.807, 2.05) is 19.9 Å². The van der Waals surface area contributed by atoms with Crippen molar-refractivity contribution in [3.63, 3.8) is 0 Å². The minimum Gasteiger partial charge on any atom is -0.348 e. The first-order valence-corrected chi connectivity index (χ1v) is 6.34. The predicted octanol–water partition coefficient (Wildman–Crippen LogP) is 3.46. The number of benzene rings is 1. The second kappa shape index (κ2) is 4.81. The van der Waals surface area contributed by atoms with E-state index in [4.69, 9.17) is 5.53 Å². The molecule has 3 rings (SSSR count).